The fourth-order valence-electron chi connectivity index (χ4n) is 1.51. The van der Waals surface area contributed by atoms with E-state index in [9.17, 15) is 14.9 Å². The quantitative estimate of drug-likeness (QED) is 0.520. The Labute approximate surface area is 104 Å². The molecule has 0 atom stereocenters. The maximum Gasteiger partial charge on any atom is 0.311 e. The fourth-order valence-corrected chi connectivity index (χ4v) is 1.51. The first-order chi connectivity index (χ1) is 8.21. The molecule has 1 amide bonds. The summed E-state index contributed by atoms with van der Waals surface area (Å²) in [6, 6.07) is 2.59. The van der Waals surface area contributed by atoms with Crippen LogP contribution in [0.2, 0.25) is 0 Å². The fraction of sp³-hybridized carbons (Fsp3) is 0.400. The molecule has 0 saturated heterocycles. The van der Waals surface area contributed by atoms with Crippen molar-refractivity contribution >= 4 is 23.2 Å². The van der Waals surface area contributed by atoms with Gasteiger partial charge in [0.15, 0.2) is 0 Å². The molecule has 1 heterocycles. The highest BCUT2D eigenvalue weighted by molar-refractivity contribution is 5.76. The van der Waals surface area contributed by atoms with Crippen molar-refractivity contribution < 1.29 is 9.72 Å². The van der Waals surface area contributed by atoms with Crippen molar-refractivity contribution in [3.05, 3.63) is 22.2 Å². The molecule has 0 aliphatic rings. The third-order valence-corrected chi connectivity index (χ3v) is 2.17. The molecule has 0 bridgehead atoms. The van der Waals surface area contributed by atoms with E-state index >= 15 is 0 Å². The zero-order chi connectivity index (χ0) is 13.9. The lowest BCUT2D eigenvalue weighted by Gasteiger charge is -2.25. The normalized spacial score (nSPS) is 11.0. The van der Waals surface area contributed by atoms with E-state index < -0.39 is 16.4 Å². The van der Waals surface area contributed by atoms with Gasteiger partial charge in [0.2, 0.25) is 11.7 Å². The van der Waals surface area contributed by atoms with E-state index in [4.69, 9.17) is 11.5 Å². The van der Waals surface area contributed by atoms with Gasteiger partial charge in [0.05, 0.1) is 4.92 Å². The molecule has 8 heteroatoms. The number of pyridine rings is 1. The lowest BCUT2D eigenvalue weighted by atomic mass is 10.0. The van der Waals surface area contributed by atoms with Gasteiger partial charge in [-0.25, -0.2) is 4.98 Å². The van der Waals surface area contributed by atoms with Crippen LogP contribution in [0.5, 0.6) is 0 Å². The number of primary amides is 1. The van der Waals surface area contributed by atoms with E-state index in [0.29, 0.717) is 0 Å². The molecule has 0 aliphatic carbocycles. The van der Waals surface area contributed by atoms with Crippen LogP contribution in [0.25, 0.3) is 0 Å². The number of nitrogens with zero attached hydrogens (tertiary/aromatic N) is 2. The summed E-state index contributed by atoms with van der Waals surface area (Å²) in [7, 11) is 0. The van der Waals surface area contributed by atoms with Crippen molar-refractivity contribution in [1.29, 1.82) is 0 Å². The van der Waals surface area contributed by atoms with Gasteiger partial charge in [-0.1, -0.05) is 0 Å². The van der Waals surface area contributed by atoms with Crippen LogP contribution in [0.1, 0.15) is 20.3 Å². The standard InChI is InChI=1S/C10H15N5O3/c1-10(2,5-8(12)16)14-9-6(15(17)18)3-4-7(11)13-9/h3-4H,5H2,1-2H3,(H2,12,16)(H3,11,13,14). The molecule has 18 heavy (non-hydrogen) atoms. The summed E-state index contributed by atoms with van der Waals surface area (Å²) >= 11 is 0. The van der Waals surface area contributed by atoms with Crippen molar-refractivity contribution in [3.63, 3.8) is 0 Å². The van der Waals surface area contributed by atoms with Gasteiger partial charge in [0, 0.05) is 18.0 Å². The zero-order valence-corrected chi connectivity index (χ0v) is 10.1. The number of amides is 1. The maximum atomic E-state index is 10.9. The highest BCUT2D eigenvalue weighted by Crippen LogP contribution is 2.26. The molecular formula is C10H15N5O3. The summed E-state index contributed by atoms with van der Waals surface area (Å²) < 4.78 is 0. The van der Waals surface area contributed by atoms with E-state index in [1.165, 1.54) is 12.1 Å². The molecule has 0 saturated carbocycles. The Balaban J connectivity index is 3.05. The number of aromatic nitrogens is 1. The van der Waals surface area contributed by atoms with Crippen molar-refractivity contribution in [2.75, 3.05) is 11.1 Å². The van der Waals surface area contributed by atoms with Crippen molar-refractivity contribution in [3.8, 4) is 0 Å². The minimum atomic E-state index is -0.753. The third kappa shape index (κ3) is 3.58. The number of nitrogens with two attached hydrogens (primary N) is 2. The van der Waals surface area contributed by atoms with Crippen LogP contribution in [0.3, 0.4) is 0 Å². The molecule has 1 aromatic heterocycles. The Bertz CT molecular complexity index is 486. The number of nitrogens with one attached hydrogen (secondary N) is 1. The molecular weight excluding hydrogens is 238 g/mol. The number of carbonyl (C=O) groups is 1. The summed E-state index contributed by atoms with van der Waals surface area (Å²) in [4.78, 5) is 25.0. The molecule has 1 aromatic rings. The Kier molecular flexibility index (Phi) is 3.70. The summed E-state index contributed by atoms with van der Waals surface area (Å²) in [5, 5.41) is 13.6. The van der Waals surface area contributed by atoms with E-state index in [2.05, 4.69) is 10.3 Å². The SMILES string of the molecule is CC(C)(CC(N)=O)Nc1nc(N)ccc1[N+](=O)[O-]. The van der Waals surface area contributed by atoms with Crippen molar-refractivity contribution in [1.82, 2.24) is 4.98 Å². The van der Waals surface area contributed by atoms with Gasteiger partial charge in [-0.3, -0.25) is 14.9 Å². The van der Waals surface area contributed by atoms with Gasteiger partial charge < -0.3 is 16.8 Å². The summed E-state index contributed by atoms with van der Waals surface area (Å²) in [5.74, 6) is -0.344. The van der Waals surface area contributed by atoms with Crippen LogP contribution in [0.4, 0.5) is 17.3 Å². The summed E-state index contributed by atoms with van der Waals surface area (Å²) in [5.41, 5.74) is 9.63. The molecule has 0 aromatic carbocycles. The van der Waals surface area contributed by atoms with Crippen LogP contribution >= 0.6 is 0 Å². The zero-order valence-electron chi connectivity index (χ0n) is 10.1. The molecule has 0 radical (unpaired) electrons. The highest BCUT2D eigenvalue weighted by atomic mass is 16.6. The minimum absolute atomic E-state index is 0.0145. The Hall–Kier alpha value is -2.38. The summed E-state index contributed by atoms with van der Waals surface area (Å²) in [6.07, 6.45) is 0.0145. The second-order valence-corrected chi connectivity index (χ2v) is 4.51. The van der Waals surface area contributed by atoms with Gasteiger partial charge >= 0.3 is 5.69 Å². The lowest BCUT2D eigenvalue weighted by molar-refractivity contribution is -0.384. The number of hydrogen-bond donors (Lipinski definition) is 3. The molecule has 0 spiro atoms. The number of anilines is 2. The molecule has 5 N–H and O–H groups in total. The van der Waals surface area contributed by atoms with Crippen LogP contribution < -0.4 is 16.8 Å². The second-order valence-electron chi connectivity index (χ2n) is 4.51. The van der Waals surface area contributed by atoms with E-state index in [-0.39, 0.29) is 23.7 Å². The minimum Gasteiger partial charge on any atom is -0.384 e. The molecule has 0 aliphatic heterocycles. The van der Waals surface area contributed by atoms with Crippen molar-refractivity contribution in [2.45, 2.75) is 25.8 Å². The average Bonchev–Trinajstić information content (AvgIpc) is 2.13. The second kappa shape index (κ2) is 4.86. The number of hydrogen-bond acceptors (Lipinski definition) is 6. The van der Waals surface area contributed by atoms with Gasteiger partial charge in [-0.05, 0) is 19.9 Å². The van der Waals surface area contributed by atoms with E-state index in [0.717, 1.165) is 0 Å². The summed E-state index contributed by atoms with van der Waals surface area (Å²) in [6.45, 7) is 3.37. The number of nitro groups is 1. The van der Waals surface area contributed by atoms with Crippen LogP contribution in [0, 0.1) is 10.1 Å². The Morgan fingerprint density at radius 2 is 2.17 bits per heavy atom. The number of carbonyl (C=O) groups excluding carboxylic acids is 1. The van der Waals surface area contributed by atoms with E-state index in [1.807, 2.05) is 0 Å². The van der Waals surface area contributed by atoms with Gasteiger partial charge in [0.1, 0.15) is 5.82 Å². The molecule has 0 fully saturated rings. The molecule has 0 unspecified atom stereocenters. The number of rotatable bonds is 5. The maximum absolute atomic E-state index is 10.9. The molecule has 1 rings (SSSR count). The largest absolute Gasteiger partial charge is 0.384 e. The monoisotopic (exact) mass is 253 g/mol. The molecule has 98 valence electrons. The van der Waals surface area contributed by atoms with Crippen molar-refractivity contribution in [2.24, 2.45) is 5.73 Å². The molecule has 8 nitrogen and oxygen atoms in total. The first kappa shape index (κ1) is 13.7. The van der Waals surface area contributed by atoms with Crippen LogP contribution in [0.15, 0.2) is 12.1 Å². The van der Waals surface area contributed by atoms with E-state index in [1.54, 1.807) is 13.8 Å². The topological polar surface area (TPSA) is 137 Å². The lowest BCUT2D eigenvalue weighted by Crippen LogP contribution is -2.36. The van der Waals surface area contributed by atoms with Gasteiger partial charge in [0.25, 0.3) is 0 Å². The average molecular weight is 253 g/mol. The van der Waals surface area contributed by atoms with Crippen LogP contribution in [-0.2, 0) is 4.79 Å². The smallest absolute Gasteiger partial charge is 0.311 e. The first-order valence-corrected chi connectivity index (χ1v) is 5.19. The Morgan fingerprint density at radius 1 is 1.56 bits per heavy atom. The predicted octanol–water partition coefficient (Wildman–Crippen LogP) is 0.638. The van der Waals surface area contributed by atoms with Crippen LogP contribution in [-0.4, -0.2) is 21.4 Å². The van der Waals surface area contributed by atoms with Gasteiger partial charge in [-0.2, -0.15) is 0 Å². The number of nitrogen functional groups attached to an aromatic ring is 1. The first-order valence-electron chi connectivity index (χ1n) is 5.19. The van der Waals surface area contributed by atoms with Gasteiger partial charge in [-0.15, -0.1) is 0 Å². The third-order valence-electron chi connectivity index (χ3n) is 2.17. The highest BCUT2D eigenvalue weighted by Gasteiger charge is 2.25. The Morgan fingerprint density at radius 3 is 2.67 bits per heavy atom. The predicted molar refractivity (Wildman–Crippen MR) is 66.8 cm³/mol.